The first-order valence-corrected chi connectivity index (χ1v) is 10.1. The van der Waals surface area contributed by atoms with Gasteiger partial charge in [0.05, 0.1) is 17.1 Å². The average Bonchev–Trinajstić information content (AvgIpc) is 3.09. The third kappa shape index (κ3) is 4.06. The zero-order chi connectivity index (χ0) is 21.1. The Hall–Kier alpha value is -3.60. The van der Waals surface area contributed by atoms with Crippen LogP contribution in [-0.4, -0.2) is 29.6 Å². The van der Waals surface area contributed by atoms with Gasteiger partial charge >= 0.3 is 0 Å². The summed E-state index contributed by atoms with van der Waals surface area (Å²) in [6, 6.07) is 25.6. The highest BCUT2D eigenvalue weighted by molar-refractivity contribution is 5.94. The zero-order valence-electron chi connectivity index (χ0n) is 17.5. The number of carbonyl (C=O) groups is 1. The van der Waals surface area contributed by atoms with Crippen LogP contribution in [0.1, 0.15) is 27.8 Å². The van der Waals surface area contributed by atoms with Gasteiger partial charge in [0, 0.05) is 38.8 Å². The lowest BCUT2D eigenvalue weighted by Gasteiger charge is -2.20. The van der Waals surface area contributed by atoms with E-state index in [0.717, 1.165) is 28.1 Å². The predicted molar refractivity (Wildman–Crippen MR) is 122 cm³/mol. The number of hydrogen-bond acceptors (Lipinski definition) is 3. The first-order valence-electron chi connectivity index (χ1n) is 10.1. The van der Waals surface area contributed by atoms with E-state index in [0.29, 0.717) is 12.0 Å². The van der Waals surface area contributed by atoms with Gasteiger partial charge in [-0.05, 0) is 42.0 Å². The Bertz CT molecular complexity index is 1150. The Morgan fingerprint density at radius 1 is 0.967 bits per heavy atom. The summed E-state index contributed by atoms with van der Waals surface area (Å²) in [5, 5.41) is 3.21. The molecule has 0 fully saturated rings. The predicted octanol–water partition coefficient (Wildman–Crippen LogP) is 4.35. The number of nitrogens with zero attached hydrogens (tertiary/aromatic N) is 3. The molecule has 4 aromatic rings. The van der Waals surface area contributed by atoms with Gasteiger partial charge in [-0.15, -0.1) is 0 Å². The quantitative estimate of drug-likeness (QED) is 0.525. The molecule has 0 aliphatic rings. The Kier molecular flexibility index (Phi) is 5.53. The molecule has 5 heteroatoms. The molecule has 3 aromatic carbocycles. The highest BCUT2D eigenvalue weighted by atomic mass is 16.1. The molecular weight excluding hydrogens is 372 g/mol. The van der Waals surface area contributed by atoms with Crippen LogP contribution in [0.15, 0.2) is 78.9 Å². The lowest BCUT2D eigenvalue weighted by atomic mass is 10.0. The van der Waals surface area contributed by atoms with E-state index in [1.165, 1.54) is 0 Å². The summed E-state index contributed by atoms with van der Waals surface area (Å²) in [5.41, 5.74) is 4.82. The topological polar surface area (TPSA) is 50.2 Å². The van der Waals surface area contributed by atoms with E-state index in [1.807, 2.05) is 98.8 Å². The molecule has 0 saturated carbocycles. The van der Waals surface area contributed by atoms with Crippen molar-refractivity contribution in [3.8, 4) is 0 Å². The lowest BCUT2D eigenvalue weighted by molar-refractivity contribution is 0.0936. The lowest BCUT2D eigenvalue weighted by Crippen LogP contribution is -2.30. The molecule has 30 heavy (non-hydrogen) atoms. The number of aromatic nitrogens is 2. The summed E-state index contributed by atoms with van der Waals surface area (Å²) in [5.74, 6) is 0.848. The molecule has 1 aromatic heterocycles. The Balaban J connectivity index is 1.61. The van der Waals surface area contributed by atoms with Crippen LogP contribution in [0.5, 0.6) is 0 Å². The molecule has 0 saturated heterocycles. The summed E-state index contributed by atoms with van der Waals surface area (Å²) in [6.45, 7) is 0. The molecule has 4 rings (SSSR count). The number of amides is 1. The second-order valence-corrected chi connectivity index (χ2v) is 7.66. The molecular formula is C25H26N4O. The van der Waals surface area contributed by atoms with E-state index in [2.05, 4.69) is 16.0 Å². The van der Waals surface area contributed by atoms with Crippen LogP contribution in [-0.2, 0) is 13.5 Å². The molecule has 5 nitrogen and oxygen atoms in total. The van der Waals surface area contributed by atoms with Crippen molar-refractivity contribution in [2.24, 2.45) is 7.05 Å². The number of imidazole rings is 1. The number of nitrogens with one attached hydrogen (secondary N) is 1. The summed E-state index contributed by atoms with van der Waals surface area (Å²) >= 11 is 0. The molecule has 0 radical (unpaired) electrons. The van der Waals surface area contributed by atoms with E-state index in [1.54, 1.807) is 0 Å². The Morgan fingerprint density at radius 2 is 1.63 bits per heavy atom. The number of fused-ring (bicyclic) bond motifs is 1. The number of aryl methyl sites for hydroxylation is 1. The fourth-order valence-corrected chi connectivity index (χ4v) is 3.65. The summed E-state index contributed by atoms with van der Waals surface area (Å²) in [7, 11) is 5.99. The van der Waals surface area contributed by atoms with Gasteiger partial charge in [-0.2, -0.15) is 0 Å². The zero-order valence-corrected chi connectivity index (χ0v) is 17.5. The second-order valence-electron chi connectivity index (χ2n) is 7.66. The van der Waals surface area contributed by atoms with Crippen LogP contribution < -0.4 is 10.2 Å². The first kappa shape index (κ1) is 19.7. The van der Waals surface area contributed by atoms with Crippen molar-refractivity contribution in [2.75, 3.05) is 19.0 Å². The van der Waals surface area contributed by atoms with Crippen LogP contribution >= 0.6 is 0 Å². The van der Waals surface area contributed by atoms with E-state index in [9.17, 15) is 4.79 Å². The number of carbonyl (C=O) groups excluding carboxylic acids is 1. The number of rotatable bonds is 6. The molecule has 1 heterocycles. The standard InChI is InChI=1S/C25H26N4O/c1-28(2)20-15-13-19(14-16-20)25(30)27-22(18-9-5-4-6-10-18)17-24-26-21-11-7-8-12-23(21)29(24)3/h4-16,22H,17H2,1-3H3,(H,27,30)/t22-/m1/s1. The minimum absolute atomic E-state index is 0.0899. The largest absolute Gasteiger partial charge is 0.378 e. The van der Waals surface area contributed by atoms with Crippen LogP contribution in [0.4, 0.5) is 5.69 Å². The van der Waals surface area contributed by atoms with Crippen LogP contribution in [0.2, 0.25) is 0 Å². The van der Waals surface area contributed by atoms with E-state index in [4.69, 9.17) is 4.98 Å². The molecule has 0 aliphatic heterocycles. The normalized spacial score (nSPS) is 12.0. The average molecular weight is 399 g/mol. The molecule has 0 spiro atoms. The minimum atomic E-state index is -0.178. The van der Waals surface area contributed by atoms with Crippen molar-refractivity contribution in [2.45, 2.75) is 12.5 Å². The monoisotopic (exact) mass is 398 g/mol. The van der Waals surface area contributed by atoms with Crippen LogP contribution in [0.25, 0.3) is 11.0 Å². The third-order valence-electron chi connectivity index (χ3n) is 5.42. The first-order chi connectivity index (χ1) is 14.5. The van der Waals surface area contributed by atoms with Crippen LogP contribution in [0, 0.1) is 0 Å². The third-order valence-corrected chi connectivity index (χ3v) is 5.42. The maximum Gasteiger partial charge on any atom is 0.251 e. The molecule has 1 amide bonds. The van der Waals surface area contributed by atoms with Crippen molar-refractivity contribution < 1.29 is 4.79 Å². The highest BCUT2D eigenvalue weighted by Crippen LogP contribution is 2.22. The molecule has 152 valence electrons. The SMILES string of the molecule is CN(C)c1ccc(C(=O)N[C@H](Cc2nc3ccccc3n2C)c2ccccc2)cc1. The minimum Gasteiger partial charge on any atom is -0.378 e. The second kappa shape index (κ2) is 8.41. The molecule has 0 bridgehead atoms. The molecule has 1 N–H and O–H groups in total. The number of hydrogen-bond donors (Lipinski definition) is 1. The number of para-hydroxylation sites is 2. The number of benzene rings is 3. The molecule has 1 atom stereocenters. The van der Waals surface area contributed by atoms with Gasteiger partial charge in [0.15, 0.2) is 0 Å². The van der Waals surface area contributed by atoms with Gasteiger partial charge in [-0.25, -0.2) is 4.98 Å². The fraction of sp³-hybridized carbons (Fsp3) is 0.200. The summed E-state index contributed by atoms with van der Waals surface area (Å²) < 4.78 is 2.10. The van der Waals surface area contributed by atoms with Gasteiger partial charge in [-0.1, -0.05) is 42.5 Å². The van der Waals surface area contributed by atoms with Crippen molar-refractivity contribution in [1.29, 1.82) is 0 Å². The summed E-state index contributed by atoms with van der Waals surface area (Å²) in [4.78, 5) is 19.8. The van der Waals surface area contributed by atoms with Gasteiger partial charge in [0.1, 0.15) is 5.82 Å². The summed E-state index contributed by atoms with van der Waals surface area (Å²) in [6.07, 6.45) is 0.608. The van der Waals surface area contributed by atoms with Crippen molar-refractivity contribution in [1.82, 2.24) is 14.9 Å². The van der Waals surface area contributed by atoms with Gasteiger partial charge in [0.25, 0.3) is 5.91 Å². The smallest absolute Gasteiger partial charge is 0.251 e. The van der Waals surface area contributed by atoms with Crippen molar-refractivity contribution >= 4 is 22.6 Å². The fourth-order valence-electron chi connectivity index (χ4n) is 3.65. The molecule has 0 aliphatic carbocycles. The number of anilines is 1. The van der Waals surface area contributed by atoms with Crippen molar-refractivity contribution in [3.05, 3.63) is 95.8 Å². The maximum absolute atomic E-state index is 13.0. The van der Waals surface area contributed by atoms with E-state index in [-0.39, 0.29) is 11.9 Å². The van der Waals surface area contributed by atoms with Gasteiger partial charge in [0.2, 0.25) is 0 Å². The highest BCUT2D eigenvalue weighted by Gasteiger charge is 2.19. The van der Waals surface area contributed by atoms with E-state index >= 15 is 0 Å². The van der Waals surface area contributed by atoms with Crippen LogP contribution in [0.3, 0.4) is 0 Å². The van der Waals surface area contributed by atoms with Crippen molar-refractivity contribution in [3.63, 3.8) is 0 Å². The Morgan fingerprint density at radius 3 is 2.30 bits per heavy atom. The van der Waals surface area contributed by atoms with Gasteiger partial charge in [-0.3, -0.25) is 4.79 Å². The maximum atomic E-state index is 13.0. The Labute approximate surface area is 177 Å². The molecule has 0 unspecified atom stereocenters. The van der Waals surface area contributed by atoms with Gasteiger partial charge < -0.3 is 14.8 Å². The van der Waals surface area contributed by atoms with E-state index < -0.39 is 0 Å².